The molecule has 0 spiro atoms. The van der Waals surface area contributed by atoms with E-state index in [9.17, 15) is 9.59 Å². The van der Waals surface area contributed by atoms with E-state index in [0.29, 0.717) is 5.56 Å². The lowest BCUT2D eigenvalue weighted by Crippen LogP contribution is -2.12. The number of aryl methyl sites for hydroxylation is 1. The van der Waals surface area contributed by atoms with Gasteiger partial charge in [0.2, 0.25) is 5.91 Å². The summed E-state index contributed by atoms with van der Waals surface area (Å²) in [6, 6.07) is 3.14. The van der Waals surface area contributed by atoms with Crippen LogP contribution in [0.25, 0.3) is 0 Å². The molecule has 2 N–H and O–H groups in total. The van der Waals surface area contributed by atoms with Crippen LogP contribution in [-0.4, -0.2) is 17.0 Å². The molecule has 0 saturated carbocycles. The predicted octanol–water partition coefficient (Wildman–Crippen LogP) is 2.31. The van der Waals surface area contributed by atoms with Crippen LogP contribution in [0.15, 0.2) is 12.1 Å². The number of carboxylic acid groups (broad SMARTS) is 1. The minimum Gasteiger partial charge on any atom is -0.478 e. The van der Waals surface area contributed by atoms with Gasteiger partial charge in [0.05, 0.1) is 10.7 Å². The number of carbonyl (C=O) groups excluding carboxylic acids is 1. The molecule has 0 atom stereocenters. The van der Waals surface area contributed by atoms with Crippen LogP contribution in [0.3, 0.4) is 0 Å². The molecule has 80 valence electrons. The van der Waals surface area contributed by atoms with Crippen molar-refractivity contribution >= 4 is 29.2 Å². The molecule has 1 aromatic rings. The lowest BCUT2D eigenvalue weighted by atomic mass is 10.1. The Morgan fingerprint density at radius 3 is 2.47 bits per heavy atom. The minimum absolute atomic E-state index is 0.0770. The molecule has 15 heavy (non-hydrogen) atoms. The Kier molecular flexibility index (Phi) is 3.31. The first kappa shape index (κ1) is 11.5. The number of hydrogen-bond acceptors (Lipinski definition) is 2. The van der Waals surface area contributed by atoms with E-state index in [1.165, 1.54) is 13.0 Å². The first-order valence-electron chi connectivity index (χ1n) is 4.23. The van der Waals surface area contributed by atoms with Crippen molar-refractivity contribution in [3.05, 3.63) is 28.3 Å². The van der Waals surface area contributed by atoms with E-state index in [1.54, 1.807) is 13.0 Å². The van der Waals surface area contributed by atoms with Crippen LogP contribution in [-0.2, 0) is 4.79 Å². The molecule has 1 amide bonds. The van der Waals surface area contributed by atoms with Gasteiger partial charge in [-0.2, -0.15) is 0 Å². The number of aromatic carboxylic acids is 1. The number of hydrogen-bond donors (Lipinski definition) is 2. The Balaban J connectivity index is 3.38. The van der Waals surface area contributed by atoms with Gasteiger partial charge in [-0.15, -0.1) is 0 Å². The van der Waals surface area contributed by atoms with E-state index in [2.05, 4.69) is 5.32 Å². The van der Waals surface area contributed by atoms with Crippen molar-refractivity contribution in [1.82, 2.24) is 0 Å². The average Bonchev–Trinajstić information content (AvgIpc) is 2.10. The maximum Gasteiger partial charge on any atom is 0.339 e. The third kappa shape index (κ3) is 2.47. The second-order valence-corrected chi connectivity index (χ2v) is 3.51. The molecular formula is C10H10ClNO3. The molecule has 0 aliphatic heterocycles. The molecule has 0 unspecified atom stereocenters. The van der Waals surface area contributed by atoms with E-state index in [1.807, 2.05) is 0 Å². The van der Waals surface area contributed by atoms with Gasteiger partial charge in [-0.3, -0.25) is 4.79 Å². The smallest absolute Gasteiger partial charge is 0.339 e. The van der Waals surface area contributed by atoms with Crippen LogP contribution in [0, 0.1) is 6.92 Å². The van der Waals surface area contributed by atoms with Crippen LogP contribution >= 0.6 is 11.6 Å². The fourth-order valence-corrected chi connectivity index (χ4v) is 1.47. The molecule has 4 nitrogen and oxygen atoms in total. The molecular weight excluding hydrogens is 218 g/mol. The number of nitrogens with one attached hydrogen (secondary N) is 1. The SMILES string of the molecule is CC(=O)Nc1c(C)ccc(Cl)c1C(=O)O. The summed E-state index contributed by atoms with van der Waals surface area (Å²) in [5.41, 5.74) is 0.835. The van der Waals surface area contributed by atoms with Crippen molar-refractivity contribution in [3.63, 3.8) is 0 Å². The first-order valence-corrected chi connectivity index (χ1v) is 4.61. The molecule has 5 heteroatoms. The molecule has 0 radical (unpaired) electrons. The summed E-state index contributed by atoms with van der Waals surface area (Å²) in [6.45, 7) is 3.01. The zero-order chi connectivity index (χ0) is 11.6. The van der Waals surface area contributed by atoms with Crippen molar-refractivity contribution in [3.8, 4) is 0 Å². The summed E-state index contributed by atoms with van der Waals surface area (Å²) < 4.78 is 0. The second kappa shape index (κ2) is 4.31. The quantitative estimate of drug-likeness (QED) is 0.815. The van der Waals surface area contributed by atoms with Crippen molar-refractivity contribution in [2.45, 2.75) is 13.8 Å². The maximum absolute atomic E-state index is 10.9. The van der Waals surface area contributed by atoms with Gasteiger partial charge in [0.25, 0.3) is 0 Å². The Morgan fingerprint density at radius 2 is 2.00 bits per heavy atom. The molecule has 0 aromatic heterocycles. The number of anilines is 1. The average molecular weight is 228 g/mol. The number of amides is 1. The zero-order valence-corrected chi connectivity index (χ0v) is 9.05. The number of halogens is 1. The number of rotatable bonds is 2. The highest BCUT2D eigenvalue weighted by molar-refractivity contribution is 6.34. The Labute approximate surface area is 91.9 Å². The van der Waals surface area contributed by atoms with E-state index in [4.69, 9.17) is 16.7 Å². The van der Waals surface area contributed by atoms with E-state index < -0.39 is 5.97 Å². The Hall–Kier alpha value is -1.55. The maximum atomic E-state index is 10.9. The first-order chi connectivity index (χ1) is 6.93. The monoisotopic (exact) mass is 227 g/mol. The normalized spacial score (nSPS) is 9.80. The predicted molar refractivity (Wildman–Crippen MR) is 57.5 cm³/mol. The highest BCUT2D eigenvalue weighted by Crippen LogP contribution is 2.27. The summed E-state index contributed by atoms with van der Waals surface area (Å²) >= 11 is 5.75. The molecule has 0 aliphatic rings. The van der Waals surface area contributed by atoms with Gasteiger partial charge in [-0.1, -0.05) is 17.7 Å². The number of benzene rings is 1. The fourth-order valence-electron chi connectivity index (χ4n) is 1.23. The summed E-state index contributed by atoms with van der Waals surface area (Å²) in [5, 5.41) is 11.5. The fraction of sp³-hybridized carbons (Fsp3) is 0.200. The van der Waals surface area contributed by atoms with Crippen LogP contribution in [0.1, 0.15) is 22.8 Å². The summed E-state index contributed by atoms with van der Waals surface area (Å²) in [4.78, 5) is 21.8. The largest absolute Gasteiger partial charge is 0.478 e. The van der Waals surface area contributed by atoms with Crippen molar-refractivity contribution in [2.75, 3.05) is 5.32 Å². The zero-order valence-electron chi connectivity index (χ0n) is 8.30. The lowest BCUT2D eigenvalue weighted by molar-refractivity contribution is -0.114. The highest BCUT2D eigenvalue weighted by atomic mass is 35.5. The van der Waals surface area contributed by atoms with E-state index in [0.717, 1.165) is 0 Å². The van der Waals surface area contributed by atoms with Gasteiger partial charge in [0.15, 0.2) is 0 Å². The van der Waals surface area contributed by atoms with Crippen molar-refractivity contribution in [2.24, 2.45) is 0 Å². The van der Waals surface area contributed by atoms with Gasteiger partial charge < -0.3 is 10.4 Å². The van der Waals surface area contributed by atoms with Crippen LogP contribution < -0.4 is 5.32 Å². The molecule has 0 saturated heterocycles. The molecule has 0 heterocycles. The molecule has 1 rings (SSSR count). The number of carbonyl (C=O) groups is 2. The summed E-state index contributed by atoms with van der Waals surface area (Å²) in [6.07, 6.45) is 0. The van der Waals surface area contributed by atoms with Crippen LogP contribution in [0.2, 0.25) is 5.02 Å². The van der Waals surface area contributed by atoms with Crippen molar-refractivity contribution < 1.29 is 14.7 Å². The third-order valence-corrected chi connectivity index (χ3v) is 2.19. The topological polar surface area (TPSA) is 66.4 Å². The van der Waals surface area contributed by atoms with Crippen molar-refractivity contribution in [1.29, 1.82) is 0 Å². The minimum atomic E-state index is -1.16. The van der Waals surface area contributed by atoms with Gasteiger partial charge in [0, 0.05) is 6.92 Å². The molecule has 1 aromatic carbocycles. The van der Waals surface area contributed by atoms with E-state index >= 15 is 0 Å². The summed E-state index contributed by atoms with van der Waals surface area (Å²) in [7, 11) is 0. The van der Waals surface area contributed by atoms with Gasteiger partial charge in [0.1, 0.15) is 5.56 Å². The molecule has 0 aliphatic carbocycles. The second-order valence-electron chi connectivity index (χ2n) is 3.10. The molecule has 0 fully saturated rings. The van der Waals surface area contributed by atoms with Crippen LogP contribution in [0.4, 0.5) is 5.69 Å². The van der Waals surface area contributed by atoms with Crippen LogP contribution in [0.5, 0.6) is 0 Å². The summed E-state index contributed by atoms with van der Waals surface area (Å²) in [5.74, 6) is -1.49. The third-order valence-electron chi connectivity index (χ3n) is 1.88. The lowest BCUT2D eigenvalue weighted by Gasteiger charge is -2.11. The highest BCUT2D eigenvalue weighted by Gasteiger charge is 2.17. The standard InChI is InChI=1S/C10H10ClNO3/c1-5-3-4-7(11)8(10(14)15)9(5)12-6(2)13/h3-4H,1-2H3,(H,12,13)(H,14,15). The van der Waals surface area contributed by atoms with Gasteiger partial charge in [-0.25, -0.2) is 4.79 Å². The Morgan fingerprint density at radius 1 is 1.40 bits per heavy atom. The molecule has 0 bridgehead atoms. The van der Waals surface area contributed by atoms with Gasteiger partial charge in [-0.05, 0) is 18.6 Å². The van der Waals surface area contributed by atoms with Gasteiger partial charge >= 0.3 is 5.97 Å². The number of carboxylic acids is 1. The Bertz CT molecular complexity index is 429. The van der Waals surface area contributed by atoms with E-state index in [-0.39, 0.29) is 22.2 Å².